The van der Waals surface area contributed by atoms with E-state index in [4.69, 9.17) is 23.2 Å². The van der Waals surface area contributed by atoms with Gasteiger partial charge in [-0.25, -0.2) is 0 Å². The third-order valence-electron chi connectivity index (χ3n) is 5.97. The first-order valence-corrected chi connectivity index (χ1v) is 12.9. The van der Waals surface area contributed by atoms with Gasteiger partial charge in [0, 0.05) is 28.4 Å². The van der Waals surface area contributed by atoms with Gasteiger partial charge in [0.1, 0.15) is 6.04 Å². The van der Waals surface area contributed by atoms with Crippen molar-refractivity contribution in [3.05, 3.63) is 69.2 Å². The minimum absolute atomic E-state index is 0.0799. The van der Waals surface area contributed by atoms with Crippen molar-refractivity contribution >= 4 is 46.8 Å². The van der Waals surface area contributed by atoms with Gasteiger partial charge in [0.05, 0.1) is 5.75 Å². The number of benzene rings is 2. The van der Waals surface area contributed by atoms with E-state index in [9.17, 15) is 9.59 Å². The van der Waals surface area contributed by atoms with Crippen LogP contribution < -0.4 is 5.32 Å². The Balaban J connectivity index is 1.70. The van der Waals surface area contributed by atoms with Crippen molar-refractivity contribution in [2.24, 2.45) is 0 Å². The number of aryl methyl sites for hydroxylation is 1. The Morgan fingerprint density at radius 1 is 1.12 bits per heavy atom. The first-order chi connectivity index (χ1) is 15.3. The van der Waals surface area contributed by atoms with Crippen molar-refractivity contribution in [3.63, 3.8) is 0 Å². The van der Waals surface area contributed by atoms with Crippen LogP contribution in [0.25, 0.3) is 0 Å². The number of nitrogens with zero attached hydrogens (tertiary/aromatic N) is 1. The summed E-state index contributed by atoms with van der Waals surface area (Å²) in [5.74, 6) is 0.847. The Kier molecular flexibility index (Phi) is 9.33. The fourth-order valence-corrected chi connectivity index (χ4v) is 5.37. The summed E-state index contributed by atoms with van der Waals surface area (Å²) < 4.78 is 0. The molecular formula is C25H30Cl2N2O2S. The maximum absolute atomic E-state index is 13.2. The maximum Gasteiger partial charge on any atom is 0.242 e. The van der Waals surface area contributed by atoms with E-state index in [1.54, 1.807) is 35.7 Å². The molecule has 1 fully saturated rings. The molecule has 32 heavy (non-hydrogen) atoms. The minimum Gasteiger partial charge on any atom is -0.352 e. The molecule has 0 aromatic heterocycles. The second-order valence-corrected chi connectivity index (χ2v) is 10.2. The third kappa shape index (κ3) is 6.90. The molecule has 0 heterocycles. The Bertz CT molecular complexity index is 947. The van der Waals surface area contributed by atoms with Crippen molar-refractivity contribution < 1.29 is 9.59 Å². The van der Waals surface area contributed by atoms with Crippen LogP contribution in [-0.4, -0.2) is 34.6 Å². The Labute approximate surface area is 205 Å². The molecule has 0 saturated heterocycles. The molecule has 2 amide bonds. The first kappa shape index (κ1) is 24.9. The highest BCUT2D eigenvalue weighted by Gasteiger charge is 2.28. The van der Waals surface area contributed by atoms with Crippen LogP contribution in [0.5, 0.6) is 0 Å². The lowest BCUT2D eigenvalue weighted by Gasteiger charge is -2.30. The van der Waals surface area contributed by atoms with Gasteiger partial charge in [-0.2, -0.15) is 0 Å². The highest BCUT2D eigenvalue weighted by atomic mass is 35.5. The van der Waals surface area contributed by atoms with E-state index in [1.807, 2.05) is 18.2 Å². The molecular weight excluding hydrogens is 463 g/mol. The van der Waals surface area contributed by atoms with E-state index in [0.717, 1.165) is 37.0 Å². The highest BCUT2D eigenvalue weighted by Crippen LogP contribution is 2.25. The average Bonchev–Trinajstić information content (AvgIpc) is 3.27. The topological polar surface area (TPSA) is 49.4 Å². The zero-order chi connectivity index (χ0) is 23.1. The Hall–Kier alpha value is -1.69. The van der Waals surface area contributed by atoms with Crippen LogP contribution in [0, 0.1) is 6.92 Å². The summed E-state index contributed by atoms with van der Waals surface area (Å²) in [7, 11) is 0. The van der Waals surface area contributed by atoms with Gasteiger partial charge in [-0.1, -0.05) is 66.4 Å². The molecule has 1 N–H and O–H groups in total. The smallest absolute Gasteiger partial charge is 0.242 e. The number of carbonyl (C=O) groups is 2. The van der Waals surface area contributed by atoms with Gasteiger partial charge < -0.3 is 10.2 Å². The summed E-state index contributed by atoms with van der Waals surface area (Å²) in [6, 6.07) is 13.0. The van der Waals surface area contributed by atoms with E-state index in [-0.39, 0.29) is 24.4 Å². The second-order valence-electron chi connectivity index (χ2n) is 8.34. The van der Waals surface area contributed by atoms with Crippen LogP contribution in [-0.2, 0) is 21.9 Å². The molecule has 1 atom stereocenters. The summed E-state index contributed by atoms with van der Waals surface area (Å²) >= 11 is 14.0. The van der Waals surface area contributed by atoms with E-state index < -0.39 is 6.04 Å². The summed E-state index contributed by atoms with van der Waals surface area (Å²) in [5.41, 5.74) is 3.19. The number of hydrogen-bond acceptors (Lipinski definition) is 3. The van der Waals surface area contributed by atoms with E-state index in [1.165, 1.54) is 11.1 Å². The predicted octanol–water partition coefficient (Wildman–Crippen LogP) is 6.01. The van der Waals surface area contributed by atoms with Crippen LogP contribution >= 0.6 is 35.0 Å². The van der Waals surface area contributed by atoms with Crippen LogP contribution in [0.15, 0.2) is 42.5 Å². The van der Waals surface area contributed by atoms with Crippen LogP contribution in [0.3, 0.4) is 0 Å². The first-order valence-electron chi connectivity index (χ1n) is 11.0. The van der Waals surface area contributed by atoms with Crippen LogP contribution in [0.2, 0.25) is 10.0 Å². The van der Waals surface area contributed by atoms with Crippen molar-refractivity contribution in [3.8, 4) is 0 Å². The molecule has 1 aliphatic rings. The quantitative estimate of drug-likeness (QED) is 0.466. The number of hydrogen-bond donors (Lipinski definition) is 1. The largest absolute Gasteiger partial charge is 0.352 e. The van der Waals surface area contributed by atoms with E-state index >= 15 is 0 Å². The van der Waals surface area contributed by atoms with Gasteiger partial charge in [-0.05, 0) is 55.5 Å². The molecule has 2 aromatic rings. The molecule has 3 rings (SSSR count). The van der Waals surface area contributed by atoms with Gasteiger partial charge in [0.2, 0.25) is 11.8 Å². The molecule has 0 spiro atoms. The monoisotopic (exact) mass is 492 g/mol. The maximum atomic E-state index is 13.2. The lowest BCUT2D eigenvalue weighted by atomic mass is 10.1. The highest BCUT2D eigenvalue weighted by molar-refractivity contribution is 7.99. The molecule has 4 nitrogen and oxygen atoms in total. The number of amides is 2. The van der Waals surface area contributed by atoms with E-state index in [0.29, 0.717) is 15.8 Å². The SMILES string of the molecule is Cc1ccccc1CSCC(=O)N(Cc1ccc(Cl)cc1Cl)C(C)C(=O)NC1CCCC1. The number of carbonyl (C=O) groups excluding carboxylic acids is 2. The fourth-order valence-electron chi connectivity index (χ4n) is 3.91. The van der Waals surface area contributed by atoms with Crippen LogP contribution in [0.1, 0.15) is 49.3 Å². The summed E-state index contributed by atoms with van der Waals surface area (Å²) in [5, 5.41) is 4.15. The number of nitrogens with one attached hydrogen (secondary N) is 1. The third-order valence-corrected chi connectivity index (χ3v) is 7.52. The molecule has 7 heteroatoms. The second kappa shape index (κ2) is 12.0. The molecule has 1 aliphatic carbocycles. The minimum atomic E-state index is -0.589. The lowest BCUT2D eigenvalue weighted by Crippen LogP contribution is -2.50. The van der Waals surface area contributed by atoms with Gasteiger partial charge in [0.15, 0.2) is 0 Å². The molecule has 2 aromatic carbocycles. The molecule has 0 aliphatic heterocycles. The summed E-state index contributed by atoms with van der Waals surface area (Å²) in [6.07, 6.45) is 4.28. The van der Waals surface area contributed by atoms with E-state index in [2.05, 4.69) is 24.4 Å². The van der Waals surface area contributed by atoms with Gasteiger partial charge >= 0.3 is 0 Å². The normalized spacial score (nSPS) is 14.9. The zero-order valence-corrected chi connectivity index (χ0v) is 20.9. The lowest BCUT2D eigenvalue weighted by molar-refractivity contribution is -0.138. The average molecular weight is 494 g/mol. The van der Waals surface area contributed by atoms with Gasteiger partial charge in [0.25, 0.3) is 0 Å². The molecule has 0 radical (unpaired) electrons. The van der Waals surface area contributed by atoms with Crippen molar-refractivity contribution in [1.82, 2.24) is 10.2 Å². The van der Waals surface area contributed by atoms with Crippen LogP contribution in [0.4, 0.5) is 0 Å². The predicted molar refractivity (Wildman–Crippen MR) is 134 cm³/mol. The summed E-state index contributed by atoms with van der Waals surface area (Å²) in [6.45, 7) is 4.12. The standard InChI is InChI=1S/C25H30Cl2N2O2S/c1-17-7-3-4-8-20(17)15-32-16-24(30)29(14-19-11-12-21(26)13-23(19)27)18(2)25(31)28-22-9-5-6-10-22/h3-4,7-8,11-13,18,22H,5-6,9-10,14-16H2,1-2H3,(H,28,31). The Morgan fingerprint density at radius 3 is 2.53 bits per heavy atom. The molecule has 172 valence electrons. The summed E-state index contributed by atoms with van der Waals surface area (Å²) in [4.78, 5) is 27.8. The van der Waals surface area contributed by atoms with Crippen molar-refractivity contribution in [1.29, 1.82) is 0 Å². The number of rotatable bonds is 9. The molecule has 1 saturated carbocycles. The van der Waals surface area contributed by atoms with Gasteiger partial charge in [-0.15, -0.1) is 11.8 Å². The fraction of sp³-hybridized carbons (Fsp3) is 0.440. The van der Waals surface area contributed by atoms with Crippen molar-refractivity contribution in [2.75, 3.05) is 5.75 Å². The van der Waals surface area contributed by atoms with Crippen molar-refractivity contribution in [2.45, 2.75) is 63.9 Å². The number of halogens is 2. The molecule has 1 unspecified atom stereocenters. The van der Waals surface area contributed by atoms with Gasteiger partial charge in [-0.3, -0.25) is 9.59 Å². The number of thioether (sulfide) groups is 1. The zero-order valence-electron chi connectivity index (χ0n) is 18.6. The Morgan fingerprint density at radius 2 is 1.84 bits per heavy atom. The molecule has 0 bridgehead atoms.